The second-order valence-corrected chi connectivity index (χ2v) is 19.0. The predicted octanol–water partition coefficient (Wildman–Crippen LogP) is 11.8. The van der Waals surface area contributed by atoms with Crippen molar-refractivity contribution in [2.75, 3.05) is 10.6 Å². The first kappa shape index (κ1) is 54.8. The van der Waals surface area contributed by atoms with Crippen LogP contribution in [-0.2, 0) is 19.1 Å². The van der Waals surface area contributed by atoms with Crippen LogP contribution in [-0.4, -0.2) is 89.1 Å². The highest BCUT2D eigenvalue weighted by atomic mass is 16.6. The maximum atomic E-state index is 12.6. The molecule has 8 N–H and O–H groups in total. The van der Waals surface area contributed by atoms with Crippen molar-refractivity contribution < 1.29 is 49.1 Å². The highest BCUT2D eigenvalue weighted by Crippen LogP contribution is 2.35. The number of aliphatic imine (C=N–C) groups is 4. The second kappa shape index (κ2) is 24.0. The number of H-pyrrole nitrogens is 2. The summed E-state index contributed by atoms with van der Waals surface area (Å²) < 4.78 is 5.46. The molecule has 0 saturated heterocycles. The summed E-state index contributed by atoms with van der Waals surface area (Å²) in [6, 6.07) is 42.7. The van der Waals surface area contributed by atoms with Crippen LogP contribution in [0.3, 0.4) is 0 Å². The topological polar surface area (TPSA) is 281 Å². The molecule has 2 aliphatic heterocycles. The van der Waals surface area contributed by atoms with Crippen molar-refractivity contribution in [3.8, 4) is 11.8 Å². The van der Waals surface area contributed by atoms with Crippen LogP contribution in [0.25, 0.3) is 21.8 Å². The number of nitrogens with one attached hydrogen (secondary N) is 4. The monoisotopic (exact) mass is 1060 g/mol. The number of ether oxygens (including phenoxy) is 1. The van der Waals surface area contributed by atoms with E-state index in [4.69, 9.17) is 24.6 Å². The van der Waals surface area contributed by atoms with E-state index < -0.39 is 17.5 Å². The number of carbonyl (C=O) groups is 5. The molecule has 0 radical (unpaired) electrons. The van der Waals surface area contributed by atoms with E-state index in [1.165, 1.54) is 12.1 Å². The molecule has 8 aromatic rings. The van der Waals surface area contributed by atoms with Crippen LogP contribution in [0.15, 0.2) is 189 Å². The van der Waals surface area contributed by atoms with Crippen molar-refractivity contribution in [2.45, 2.75) is 53.1 Å². The zero-order chi connectivity index (χ0) is 56.4. The smallest absolute Gasteiger partial charge is 0.338 e. The number of hydrogen-bond donors (Lipinski definition) is 8. The maximum Gasteiger partial charge on any atom is 0.338 e. The Balaban J connectivity index is 0.000000199. The molecule has 18 nitrogen and oxygen atoms in total. The fraction of sp³-hybridized carbons (Fsp3) is 0.131. The van der Waals surface area contributed by atoms with Gasteiger partial charge in [0.05, 0.1) is 56.1 Å². The van der Waals surface area contributed by atoms with E-state index in [0.29, 0.717) is 91.5 Å². The molecule has 18 heteroatoms. The summed E-state index contributed by atoms with van der Waals surface area (Å²) in [6.45, 7) is 8.92. The summed E-state index contributed by atoms with van der Waals surface area (Å²) in [6.07, 6.45) is 4.80. The quantitative estimate of drug-likeness (QED) is 0.0325. The minimum absolute atomic E-state index is 0.0496. The number of carboxylic acids is 1. The van der Waals surface area contributed by atoms with Gasteiger partial charge in [-0.05, 0) is 120 Å². The summed E-state index contributed by atoms with van der Waals surface area (Å²) in [7, 11) is 0. The van der Waals surface area contributed by atoms with Crippen molar-refractivity contribution in [2.24, 2.45) is 20.0 Å². The zero-order valence-electron chi connectivity index (χ0n) is 43.5. The van der Waals surface area contributed by atoms with Crippen LogP contribution < -0.4 is 10.6 Å². The lowest BCUT2D eigenvalue weighted by molar-refractivity contribution is -0.123. The third-order valence-corrected chi connectivity index (χ3v) is 12.1. The third kappa shape index (κ3) is 13.5. The molecule has 0 fully saturated rings. The number of aromatic nitrogens is 2. The second-order valence-electron chi connectivity index (χ2n) is 19.0. The third-order valence-electron chi connectivity index (χ3n) is 12.1. The molecule has 6 aromatic carbocycles. The molecule has 398 valence electrons. The summed E-state index contributed by atoms with van der Waals surface area (Å²) in [4.78, 5) is 81.3. The maximum absolute atomic E-state index is 12.6. The van der Waals surface area contributed by atoms with Gasteiger partial charge in [-0.2, -0.15) is 0 Å². The van der Waals surface area contributed by atoms with Crippen LogP contribution in [0, 0.1) is 0 Å². The van der Waals surface area contributed by atoms with Gasteiger partial charge in [-0.1, -0.05) is 72.8 Å². The Morgan fingerprint density at radius 2 is 0.975 bits per heavy atom. The summed E-state index contributed by atoms with van der Waals surface area (Å²) in [5.74, 6) is -2.07. The molecule has 10 rings (SSSR count). The molecule has 4 heterocycles. The van der Waals surface area contributed by atoms with Gasteiger partial charge in [0.1, 0.15) is 17.0 Å². The van der Waals surface area contributed by atoms with E-state index in [-0.39, 0.29) is 35.6 Å². The molecule has 0 saturated carbocycles. The average molecular weight is 1060 g/mol. The van der Waals surface area contributed by atoms with Gasteiger partial charge < -0.3 is 45.8 Å². The highest BCUT2D eigenvalue weighted by Gasteiger charge is 2.23. The van der Waals surface area contributed by atoms with Gasteiger partial charge in [-0.3, -0.25) is 24.4 Å². The number of carbonyl (C=O) groups excluding carboxylic acids is 3. The molecule has 2 aromatic heterocycles. The first-order valence-corrected chi connectivity index (χ1v) is 24.7. The van der Waals surface area contributed by atoms with Gasteiger partial charge in [-0.15, -0.1) is 0 Å². The number of nitrogens with zero attached hydrogens (tertiary/aromatic N) is 4. The standard InChI is InChI=1S/C32H30N4O4.C28H22N4O4.CH2O2/c1-19-10-17-25(33-19)29(37)35-23-15-16-24-26(18-23)36-30(38)27(24)28(20-8-6-5-7-9-20)34-22-13-11-21(12-14-22)31(39)40-32(2,3)4;1-16-7-14-22(29-16)26(33)31-20-12-13-21-23(15-20)32-27(34)24(21)25(17-5-3-2-4-6-17)30-19-10-8-18(9-11-19)28(35)36;2-1-3/h5-16,18,36,38H,17H2,1-4H3,(H,35,37);2-13,15,32,34H,14H2,1H3,(H,31,33)(H,35,36);1H,(H,2,3). The number of amides is 2. The Morgan fingerprint density at radius 1 is 0.582 bits per heavy atom. The van der Waals surface area contributed by atoms with Crippen LogP contribution in [0.4, 0.5) is 22.7 Å². The molecule has 0 bridgehead atoms. The van der Waals surface area contributed by atoms with Crippen molar-refractivity contribution >= 4 is 97.6 Å². The molecular weight excluding hydrogens is 1000 g/mol. The Kier molecular flexibility index (Phi) is 16.6. The van der Waals surface area contributed by atoms with E-state index >= 15 is 0 Å². The van der Waals surface area contributed by atoms with Gasteiger partial charge in [0.25, 0.3) is 18.3 Å². The predicted molar refractivity (Wildman–Crippen MR) is 306 cm³/mol. The number of fused-ring (bicyclic) bond motifs is 2. The van der Waals surface area contributed by atoms with Crippen LogP contribution in [0.2, 0.25) is 0 Å². The number of carboxylic acid groups (broad SMARTS) is 2. The first-order valence-electron chi connectivity index (χ1n) is 24.7. The Bertz CT molecular complexity index is 3820. The average Bonchev–Trinajstić information content (AvgIpc) is 4.40. The number of hydrogen-bond acceptors (Lipinski definition) is 12. The summed E-state index contributed by atoms with van der Waals surface area (Å²) >= 11 is 0. The van der Waals surface area contributed by atoms with Gasteiger partial charge in [0, 0.05) is 57.5 Å². The summed E-state index contributed by atoms with van der Waals surface area (Å²) in [5.41, 5.74) is 9.75. The number of rotatable bonds is 12. The summed E-state index contributed by atoms with van der Waals surface area (Å²) in [5, 5.41) is 45.2. The zero-order valence-corrected chi connectivity index (χ0v) is 43.5. The Morgan fingerprint density at radius 3 is 1.33 bits per heavy atom. The Hall–Kier alpha value is -10.5. The van der Waals surface area contributed by atoms with Crippen molar-refractivity contribution in [3.63, 3.8) is 0 Å². The fourth-order valence-corrected chi connectivity index (χ4v) is 8.46. The van der Waals surface area contributed by atoms with E-state index in [0.717, 1.165) is 27.9 Å². The first-order chi connectivity index (χ1) is 37.9. The van der Waals surface area contributed by atoms with Crippen LogP contribution >= 0.6 is 0 Å². The molecule has 0 spiro atoms. The van der Waals surface area contributed by atoms with E-state index in [9.17, 15) is 34.5 Å². The number of benzene rings is 6. The van der Waals surface area contributed by atoms with Crippen molar-refractivity contribution in [1.82, 2.24) is 9.97 Å². The highest BCUT2D eigenvalue weighted by molar-refractivity contribution is 6.44. The number of aromatic carboxylic acids is 1. The number of aromatic hydroxyl groups is 2. The van der Waals surface area contributed by atoms with E-state index in [1.54, 1.807) is 60.7 Å². The number of anilines is 2. The van der Waals surface area contributed by atoms with Gasteiger partial charge in [0.2, 0.25) is 0 Å². The molecular formula is C61H54N8O10. The Labute approximate surface area is 453 Å². The molecule has 0 atom stereocenters. The number of allylic oxidation sites excluding steroid dienone is 4. The minimum Gasteiger partial charge on any atom is -0.494 e. The SMILES string of the molecule is CC1=CCC(C(=O)Nc2ccc3c(C(=Nc4ccc(C(=O)O)cc4)c4ccccc4)c(O)[nH]c3c2)=N1.CC1=CCC(C(=O)Nc2ccc3c(C(=Nc4ccc(C(=O)OC(C)(C)C)cc4)c4ccccc4)c(O)[nH]c3c2)=N1.O=CO. The molecule has 2 aliphatic rings. The number of esters is 1. The van der Waals surface area contributed by atoms with Crippen molar-refractivity contribution in [3.05, 3.63) is 203 Å². The molecule has 2 amide bonds. The molecule has 79 heavy (non-hydrogen) atoms. The fourth-order valence-electron chi connectivity index (χ4n) is 8.46. The van der Waals surface area contributed by atoms with Crippen LogP contribution in [0.1, 0.15) is 90.4 Å². The largest absolute Gasteiger partial charge is 0.494 e. The normalized spacial score (nSPS) is 13.2. The van der Waals surface area contributed by atoms with Gasteiger partial charge in [-0.25, -0.2) is 19.6 Å². The molecule has 0 aliphatic carbocycles. The lowest BCUT2D eigenvalue weighted by Gasteiger charge is -2.19. The van der Waals surface area contributed by atoms with Gasteiger partial charge >= 0.3 is 11.9 Å². The van der Waals surface area contributed by atoms with Crippen molar-refractivity contribution in [1.29, 1.82) is 0 Å². The lowest BCUT2D eigenvalue weighted by Crippen LogP contribution is -2.23. The van der Waals surface area contributed by atoms with E-state index in [1.807, 2.05) is 120 Å². The number of aromatic amines is 2. The van der Waals surface area contributed by atoms with Gasteiger partial charge in [0.15, 0.2) is 11.8 Å². The molecule has 0 unspecified atom stereocenters. The lowest BCUT2D eigenvalue weighted by atomic mass is 10.0. The van der Waals surface area contributed by atoms with Crippen LogP contribution in [0.5, 0.6) is 11.8 Å². The minimum atomic E-state index is -1.02. The van der Waals surface area contributed by atoms with E-state index in [2.05, 4.69) is 30.6 Å².